The maximum atomic E-state index is 6.29. The molecule has 0 radical (unpaired) electrons. The molecule has 21 heavy (non-hydrogen) atoms. The van der Waals surface area contributed by atoms with Crippen molar-refractivity contribution in [3.05, 3.63) is 53.6 Å². The molecule has 1 atom stereocenters. The molecule has 2 rings (SSSR count). The van der Waals surface area contributed by atoms with Crippen molar-refractivity contribution in [1.29, 1.82) is 0 Å². The molecule has 1 unspecified atom stereocenters. The monoisotopic (exact) mass is 287 g/mol. The third kappa shape index (κ3) is 3.67. The molecule has 0 spiro atoms. The van der Waals surface area contributed by atoms with E-state index in [0.29, 0.717) is 11.5 Å². The second-order valence-electron chi connectivity index (χ2n) is 4.77. The number of rotatable bonds is 6. The second-order valence-corrected chi connectivity index (χ2v) is 4.77. The molecule has 0 bridgehead atoms. The largest absolute Gasteiger partial charge is 0.497 e. The van der Waals surface area contributed by atoms with Gasteiger partial charge in [0.15, 0.2) is 11.5 Å². The Morgan fingerprint density at radius 2 is 1.52 bits per heavy atom. The van der Waals surface area contributed by atoms with Gasteiger partial charge in [0.25, 0.3) is 0 Å². The Balaban J connectivity index is 2.13. The molecule has 2 aromatic rings. The highest BCUT2D eigenvalue weighted by molar-refractivity contribution is 5.44. The van der Waals surface area contributed by atoms with Gasteiger partial charge in [-0.2, -0.15) is 0 Å². The van der Waals surface area contributed by atoms with Crippen molar-refractivity contribution in [1.82, 2.24) is 0 Å². The van der Waals surface area contributed by atoms with Crippen molar-refractivity contribution in [2.75, 3.05) is 21.3 Å². The zero-order chi connectivity index (χ0) is 15.2. The zero-order valence-corrected chi connectivity index (χ0v) is 12.6. The minimum Gasteiger partial charge on any atom is -0.497 e. The maximum Gasteiger partial charge on any atom is 0.161 e. The molecular formula is C17H21NO3. The molecule has 4 nitrogen and oxygen atoms in total. The van der Waals surface area contributed by atoms with Gasteiger partial charge in [-0.3, -0.25) is 0 Å². The maximum absolute atomic E-state index is 6.29. The van der Waals surface area contributed by atoms with Crippen LogP contribution in [0.4, 0.5) is 0 Å². The zero-order valence-electron chi connectivity index (χ0n) is 12.6. The lowest BCUT2D eigenvalue weighted by molar-refractivity contribution is 0.354. The van der Waals surface area contributed by atoms with E-state index in [4.69, 9.17) is 19.9 Å². The number of ether oxygens (including phenoxy) is 3. The van der Waals surface area contributed by atoms with Crippen LogP contribution in [0.25, 0.3) is 0 Å². The summed E-state index contributed by atoms with van der Waals surface area (Å²) in [4.78, 5) is 0. The highest BCUT2D eigenvalue weighted by atomic mass is 16.5. The van der Waals surface area contributed by atoms with Crippen molar-refractivity contribution in [3.8, 4) is 17.2 Å². The van der Waals surface area contributed by atoms with Crippen LogP contribution in [0.2, 0.25) is 0 Å². The molecule has 0 amide bonds. The molecule has 2 aromatic carbocycles. The summed E-state index contributed by atoms with van der Waals surface area (Å²) in [5, 5.41) is 0. The fourth-order valence-electron chi connectivity index (χ4n) is 2.22. The van der Waals surface area contributed by atoms with E-state index >= 15 is 0 Å². The third-order valence-corrected chi connectivity index (χ3v) is 3.45. The Bertz CT molecular complexity index is 581. The van der Waals surface area contributed by atoms with Gasteiger partial charge in [0.2, 0.25) is 0 Å². The molecule has 0 aliphatic carbocycles. The Morgan fingerprint density at radius 1 is 0.857 bits per heavy atom. The first-order chi connectivity index (χ1) is 10.2. The van der Waals surface area contributed by atoms with Gasteiger partial charge in [0, 0.05) is 6.04 Å². The number of nitrogens with two attached hydrogens (primary N) is 1. The summed E-state index contributed by atoms with van der Waals surface area (Å²) in [6.45, 7) is 0. The van der Waals surface area contributed by atoms with Crippen LogP contribution in [0.1, 0.15) is 17.2 Å². The average molecular weight is 287 g/mol. The minimum absolute atomic E-state index is 0.0989. The van der Waals surface area contributed by atoms with Gasteiger partial charge in [0.1, 0.15) is 5.75 Å². The summed E-state index contributed by atoms with van der Waals surface area (Å²) in [6.07, 6.45) is 0.749. The van der Waals surface area contributed by atoms with Gasteiger partial charge in [-0.25, -0.2) is 0 Å². The minimum atomic E-state index is -0.0989. The Morgan fingerprint density at radius 3 is 2.10 bits per heavy atom. The molecule has 2 N–H and O–H groups in total. The summed E-state index contributed by atoms with van der Waals surface area (Å²) >= 11 is 0. The lowest BCUT2D eigenvalue weighted by atomic mass is 9.99. The summed E-state index contributed by atoms with van der Waals surface area (Å²) in [7, 11) is 4.90. The molecule has 0 saturated carbocycles. The molecule has 0 aliphatic rings. The number of benzene rings is 2. The summed E-state index contributed by atoms with van der Waals surface area (Å²) in [5.74, 6) is 2.25. The van der Waals surface area contributed by atoms with E-state index in [0.717, 1.165) is 23.3 Å². The Hall–Kier alpha value is -2.20. The lowest BCUT2D eigenvalue weighted by Crippen LogP contribution is -2.13. The van der Waals surface area contributed by atoms with E-state index < -0.39 is 0 Å². The van der Waals surface area contributed by atoms with Gasteiger partial charge < -0.3 is 19.9 Å². The fourth-order valence-corrected chi connectivity index (χ4v) is 2.22. The van der Waals surface area contributed by atoms with Crippen LogP contribution in [-0.4, -0.2) is 21.3 Å². The van der Waals surface area contributed by atoms with Crippen molar-refractivity contribution in [2.24, 2.45) is 5.73 Å². The predicted octanol–water partition coefficient (Wildman–Crippen LogP) is 2.95. The van der Waals surface area contributed by atoms with E-state index in [-0.39, 0.29) is 6.04 Å². The second kappa shape index (κ2) is 6.99. The van der Waals surface area contributed by atoms with Crippen LogP contribution in [0.5, 0.6) is 17.2 Å². The van der Waals surface area contributed by atoms with E-state index in [1.165, 1.54) is 0 Å². The van der Waals surface area contributed by atoms with Crippen LogP contribution >= 0.6 is 0 Å². The first-order valence-electron chi connectivity index (χ1n) is 6.78. The van der Waals surface area contributed by atoms with Crippen molar-refractivity contribution < 1.29 is 14.2 Å². The molecule has 0 fully saturated rings. The molecule has 0 heterocycles. The summed E-state index contributed by atoms with van der Waals surface area (Å²) < 4.78 is 15.7. The van der Waals surface area contributed by atoms with Gasteiger partial charge >= 0.3 is 0 Å². The highest BCUT2D eigenvalue weighted by Crippen LogP contribution is 2.30. The van der Waals surface area contributed by atoms with Crippen LogP contribution < -0.4 is 19.9 Å². The topological polar surface area (TPSA) is 53.7 Å². The van der Waals surface area contributed by atoms with Crippen molar-refractivity contribution in [3.63, 3.8) is 0 Å². The quantitative estimate of drug-likeness (QED) is 0.887. The molecule has 112 valence electrons. The molecule has 4 heteroatoms. The Kier molecular flexibility index (Phi) is 5.06. The fraction of sp³-hybridized carbons (Fsp3) is 0.294. The van der Waals surface area contributed by atoms with Crippen LogP contribution in [0.3, 0.4) is 0 Å². The highest BCUT2D eigenvalue weighted by Gasteiger charge is 2.11. The first-order valence-corrected chi connectivity index (χ1v) is 6.78. The van der Waals surface area contributed by atoms with Crippen LogP contribution in [0, 0.1) is 0 Å². The molecule has 0 saturated heterocycles. The normalized spacial score (nSPS) is 11.8. The van der Waals surface area contributed by atoms with Crippen LogP contribution in [0.15, 0.2) is 42.5 Å². The van der Waals surface area contributed by atoms with E-state index in [2.05, 4.69) is 0 Å². The third-order valence-electron chi connectivity index (χ3n) is 3.45. The van der Waals surface area contributed by atoms with E-state index in [1.807, 2.05) is 42.5 Å². The number of hydrogen-bond donors (Lipinski definition) is 1. The van der Waals surface area contributed by atoms with Gasteiger partial charge in [0.05, 0.1) is 21.3 Å². The SMILES string of the molecule is COc1ccc(CC(N)c2ccc(OC)c(OC)c2)cc1. The summed E-state index contributed by atoms with van der Waals surface area (Å²) in [6, 6.07) is 13.6. The lowest BCUT2D eigenvalue weighted by Gasteiger charge is -2.15. The van der Waals surface area contributed by atoms with Crippen molar-refractivity contribution >= 4 is 0 Å². The first kappa shape index (κ1) is 15.2. The van der Waals surface area contributed by atoms with E-state index in [9.17, 15) is 0 Å². The predicted molar refractivity (Wildman–Crippen MR) is 83.2 cm³/mol. The van der Waals surface area contributed by atoms with Gasteiger partial charge in [-0.15, -0.1) is 0 Å². The van der Waals surface area contributed by atoms with Gasteiger partial charge in [-0.1, -0.05) is 18.2 Å². The average Bonchev–Trinajstić information content (AvgIpc) is 2.54. The standard InChI is InChI=1S/C17H21NO3/c1-19-14-7-4-12(5-8-14)10-15(18)13-6-9-16(20-2)17(11-13)21-3/h4-9,11,15H,10,18H2,1-3H3. The van der Waals surface area contributed by atoms with E-state index in [1.54, 1.807) is 21.3 Å². The molecule has 0 aromatic heterocycles. The summed E-state index contributed by atoms with van der Waals surface area (Å²) in [5.41, 5.74) is 8.47. The number of methoxy groups -OCH3 is 3. The Labute approximate surface area is 125 Å². The number of hydrogen-bond acceptors (Lipinski definition) is 4. The molecular weight excluding hydrogens is 266 g/mol. The van der Waals surface area contributed by atoms with Crippen LogP contribution in [-0.2, 0) is 6.42 Å². The van der Waals surface area contributed by atoms with Gasteiger partial charge in [-0.05, 0) is 41.8 Å². The molecule has 0 aliphatic heterocycles. The van der Waals surface area contributed by atoms with Crippen molar-refractivity contribution in [2.45, 2.75) is 12.5 Å². The smallest absolute Gasteiger partial charge is 0.161 e.